The Kier molecular flexibility index (Phi) is 2.34. The Morgan fingerprint density at radius 1 is 0.889 bits per heavy atom. The molecule has 0 bridgehead atoms. The normalized spacial score (nSPS) is 12.2. The van der Waals surface area contributed by atoms with E-state index in [0.717, 1.165) is 16.7 Å². The van der Waals surface area contributed by atoms with Crippen LogP contribution in [0.15, 0.2) is 42.6 Å². The fourth-order valence-corrected chi connectivity index (χ4v) is 2.31. The van der Waals surface area contributed by atoms with Crippen molar-refractivity contribution in [2.75, 3.05) is 0 Å². The first-order valence-electron chi connectivity index (χ1n) is 6.21. The first kappa shape index (κ1) is 11.1. The monoisotopic (exact) mass is 236 g/mol. The van der Waals surface area contributed by atoms with Gasteiger partial charge in [-0.05, 0) is 12.1 Å². The molecule has 0 atom stereocenters. The van der Waals surface area contributed by atoms with Crippen LogP contribution >= 0.6 is 0 Å². The van der Waals surface area contributed by atoms with Crippen molar-refractivity contribution >= 4 is 21.8 Å². The molecule has 0 aliphatic heterocycles. The molecule has 3 rings (SSSR count). The van der Waals surface area contributed by atoms with Gasteiger partial charge in [0.25, 0.3) is 0 Å². The minimum atomic E-state index is -0.00334. The van der Waals surface area contributed by atoms with Crippen LogP contribution in [-0.4, -0.2) is 9.97 Å². The summed E-state index contributed by atoms with van der Waals surface area (Å²) in [7, 11) is 0. The van der Waals surface area contributed by atoms with Crippen LogP contribution in [0.3, 0.4) is 0 Å². The summed E-state index contributed by atoms with van der Waals surface area (Å²) in [5.41, 5.74) is 3.12. The van der Waals surface area contributed by atoms with Gasteiger partial charge in [-0.2, -0.15) is 0 Å². The van der Waals surface area contributed by atoms with Gasteiger partial charge in [-0.25, -0.2) is 4.98 Å². The van der Waals surface area contributed by atoms with E-state index in [2.05, 4.69) is 44.0 Å². The van der Waals surface area contributed by atoms with Crippen LogP contribution in [0.5, 0.6) is 0 Å². The Hall–Kier alpha value is -1.96. The lowest BCUT2D eigenvalue weighted by atomic mass is 9.89. The molecule has 0 saturated carbocycles. The fraction of sp³-hybridized carbons (Fsp3) is 0.250. The summed E-state index contributed by atoms with van der Waals surface area (Å²) in [6, 6.07) is 12.4. The zero-order chi connectivity index (χ0) is 12.8. The number of benzene rings is 1. The third kappa shape index (κ3) is 1.65. The molecule has 0 saturated heterocycles. The molecule has 3 aromatic rings. The highest BCUT2D eigenvalue weighted by atomic mass is 14.8. The molecule has 0 aliphatic carbocycles. The van der Waals surface area contributed by atoms with Crippen LogP contribution in [0.4, 0.5) is 0 Å². The van der Waals surface area contributed by atoms with Gasteiger partial charge in [0.15, 0.2) is 0 Å². The Balaban J connectivity index is 2.55. The molecule has 0 spiro atoms. The van der Waals surface area contributed by atoms with E-state index in [1.807, 2.05) is 24.4 Å². The Morgan fingerprint density at radius 3 is 2.39 bits per heavy atom. The second-order valence-corrected chi connectivity index (χ2v) is 5.63. The maximum absolute atomic E-state index is 4.81. The molecular weight excluding hydrogens is 220 g/mol. The van der Waals surface area contributed by atoms with Gasteiger partial charge in [-0.1, -0.05) is 45.0 Å². The molecule has 0 fully saturated rings. The van der Waals surface area contributed by atoms with Crippen molar-refractivity contribution in [2.45, 2.75) is 26.2 Å². The maximum Gasteiger partial charge on any atom is 0.0929 e. The summed E-state index contributed by atoms with van der Waals surface area (Å²) in [4.78, 5) is 9.35. The Labute approximate surface area is 107 Å². The van der Waals surface area contributed by atoms with Gasteiger partial charge in [-0.15, -0.1) is 0 Å². The third-order valence-corrected chi connectivity index (χ3v) is 3.17. The van der Waals surface area contributed by atoms with Crippen molar-refractivity contribution in [1.29, 1.82) is 0 Å². The average molecular weight is 236 g/mol. The minimum absolute atomic E-state index is 0.00334. The molecule has 2 heteroatoms. The smallest absolute Gasteiger partial charge is 0.0929 e. The number of para-hydroxylation sites is 1. The lowest BCUT2D eigenvalue weighted by Gasteiger charge is -2.20. The molecule has 0 amide bonds. The van der Waals surface area contributed by atoms with Crippen molar-refractivity contribution in [2.24, 2.45) is 0 Å². The van der Waals surface area contributed by atoms with Crippen molar-refractivity contribution in [3.63, 3.8) is 0 Å². The molecule has 0 N–H and O–H groups in total. The molecular formula is C16H16N2. The van der Waals surface area contributed by atoms with Gasteiger partial charge in [-0.3, -0.25) is 4.98 Å². The lowest BCUT2D eigenvalue weighted by molar-refractivity contribution is 0.576. The van der Waals surface area contributed by atoms with E-state index in [1.165, 1.54) is 10.8 Å². The van der Waals surface area contributed by atoms with Crippen LogP contribution in [0.2, 0.25) is 0 Å². The summed E-state index contributed by atoms with van der Waals surface area (Å²) < 4.78 is 0. The second-order valence-electron chi connectivity index (χ2n) is 5.63. The summed E-state index contributed by atoms with van der Waals surface area (Å²) in [5.74, 6) is 0. The number of hydrogen-bond donors (Lipinski definition) is 0. The van der Waals surface area contributed by atoms with Crippen molar-refractivity contribution in [1.82, 2.24) is 9.97 Å². The zero-order valence-electron chi connectivity index (χ0n) is 10.9. The second kappa shape index (κ2) is 3.77. The topological polar surface area (TPSA) is 25.8 Å². The number of fused-ring (bicyclic) bond motifs is 3. The zero-order valence-corrected chi connectivity index (χ0v) is 10.9. The van der Waals surface area contributed by atoms with E-state index >= 15 is 0 Å². The van der Waals surface area contributed by atoms with Gasteiger partial charge in [0.1, 0.15) is 0 Å². The third-order valence-electron chi connectivity index (χ3n) is 3.17. The molecule has 0 aliphatic rings. The molecule has 0 unspecified atom stereocenters. The number of hydrogen-bond acceptors (Lipinski definition) is 2. The van der Waals surface area contributed by atoms with E-state index in [9.17, 15) is 0 Å². The van der Waals surface area contributed by atoms with E-state index < -0.39 is 0 Å². The van der Waals surface area contributed by atoms with E-state index in [1.54, 1.807) is 0 Å². The van der Waals surface area contributed by atoms with Gasteiger partial charge < -0.3 is 0 Å². The van der Waals surface area contributed by atoms with Crippen molar-refractivity contribution in [3.05, 3.63) is 48.3 Å². The van der Waals surface area contributed by atoms with Gasteiger partial charge >= 0.3 is 0 Å². The fourth-order valence-electron chi connectivity index (χ4n) is 2.31. The Morgan fingerprint density at radius 2 is 1.61 bits per heavy atom. The van der Waals surface area contributed by atoms with E-state index in [0.29, 0.717) is 0 Å². The quantitative estimate of drug-likeness (QED) is 0.550. The van der Waals surface area contributed by atoms with Gasteiger partial charge in [0.2, 0.25) is 0 Å². The van der Waals surface area contributed by atoms with Crippen LogP contribution in [-0.2, 0) is 5.41 Å². The predicted octanol–water partition coefficient (Wildman–Crippen LogP) is 4.08. The minimum Gasteiger partial charge on any atom is -0.254 e. The highest BCUT2D eigenvalue weighted by Gasteiger charge is 2.20. The number of nitrogens with zero attached hydrogens (tertiary/aromatic N) is 2. The van der Waals surface area contributed by atoms with Crippen LogP contribution in [0, 0.1) is 0 Å². The highest BCUT2D eigenvalue weighted by Crippen LogP contribution is 2.31. The number of rotatable bonds is 0. The molecule has 0 radical (unpaired) electrons. The van der Waals surface area contributed by atoms with Crippen LogP contribution in [0.25, 0.3) is 21.8 Å². The number of pyridine rings is 2. The first-order valence-corrected chi connectivity index (χ1v) is 6.21. The molecule has 2 heterocycles. The molecule has 2 aromatic heterocycles. The predicted molar refractivity (Wildman–Crippen MR) is 75.7 cm³/mol. The number of aromatic nitrogens is 2. The van der Waals surface area contributed by atoms with E-state index in [-0.39, 0.29) is 5.41 Å². The van der Waals surface area contributed by atoms with Crippen molar-refractivity contribution < 1.29 is 0 Å². The summed E-state index contributed by atoms with van der Waals surface area (Å²) in [6.45, 7) is 6.54. The van der Waals surface area contributed by atoms with E-state index in [4.69, 9.17) is 4.98 Å². The summed E-state index contributed by atoms with van der Waals surface area (Å²) in [6.07, 6.45) is 1.84. The lowest BCUT2D eigenvalue weighted by Crippen LogP contribution is -2.15. The standard InChI is InChI=1S/C16H16N2/c1-16(2,3)15-14-12(8-6-10-17-14)11-7-4-5-9-13(11)18-15/h4-10H,1-3H3. The molecule has 2 nitrogen and oxygen atoms in total. The maximum atomic E-state index is 4.81. The molecule has 18 heavy (non-hydrogen) atoms. The Bertz CT molecular complexity index is 724. The average Bonchev–Trinajstić information content (AvgIpc) is 2.37. The summed E-state index contributed by atoms with van der Waals surface area (Å²) >= 11 is 0. The SMILES string of the molecule is CC(C)(C)c1nc2ccccc2c2cccnc12. The van der Waals surface area contributed by atoms with Gasteiger partial charge in [0, 0.05) is 22.4 Å². The van der Waals surface area contributed by atoms with Crippen LogP contribution in [0.1, 0.15) is 26.5 Å². The summed E-state index contributed by atoms with van der Waals surface area (Å²) in [5, 5.41) is 2.36. The highest BCUT2D eigenvalue weighted by molar-refractivity contribution is 6.05. The molecule has 90 valence electrons. The largest absolute Gasteiger partial charge is 0.254 e. The van der Waals surface area contributed by atoms with Crippen LogP contribution < -0.4 is 0 Å². The van der Waals surface area contributed by atoms with Gasteiger partial charge in [0.05, 0.1) is 16.7 Å². The van der Waals surface area contributed by atoms with Crippen molar-refractivity contribution in [3.8, 4) is 0 Å². The molecule has 1 aromatic carbocycles. The first-order chi connectivity index (χ1) is 8.57.